The Hall–Kier alpha value is -3.56. The minimum absolute atomic E-state index is 0.0432. The number of aryl methyl sites for hydroxylation is 1. The van der Waals surface area contributed by atoms with Crippen molar-refractivity contribution in [1.82, 2.24) is 15.2 Å². The van der Waals surface area contributed by atoms with Crippen LogP contribution in [0.5, 0.6) is 0 Å². The third kappa shape index (κ3) is 5.44. The number of nitrogens with one attached hydrogen (secondary N) is 1. The van der Waals surface area contributed by atoms with Gasteiger partial charge in [-0.05, 0) is 49.2 Å². The van der Waals surface area contributed by atoms with Crippen molar-refractivity contribution in [2.75, 3.05) is 39.4 Å². The van der Waals surface area contributed by atoms with Gasteiger partial charge >= 0.3 is 0 Å². The number of benzene rings is 1. The van der Waals surface area contributed by atoms with Gasteiger partial charge in [-0.25, -0.2) is 4.98 Å². The molecule has 1 amide bonds. The maximum atomic E-state index is 13.2. The Kier molecular flexibility index (Phi) is 7.11. The molecule has 1 fully saturated rings. The first kappa shape index (κ1) is 22.6. The largest absolute Gasteiger partial charge is 0.463 e. The zero-order chi connectivity index (χ0) is 23.2. The fourth-order valence-electron chi connectivity index (χ4n) is 3.94. The van der Waals surface area contributed by atoms with E-state index in [9.17, 15) is 14.9 Å². The summed E-state index contributed by atoms with van der Waals surface area (Å²) in [6.45, 7) is 6.46. The number of aromatic nitrogens is 1. The Morgan fingerprint density at radius 1 is 1.21 bits per heavy atom. The van der Waals surface area contributed by atoms with Crippen LogP contribution in [-0.2, 0) is 4.74 Å². The summed E-state index contributed by atoms with van der Waals surface area (Å²) in [6, 6.07) is 11.5. The average Bonchev–Trinajstić information content (AvgIpc) is 3.37. The first-order valence-corrected chi connectivity index (χ1v) is 10.9. The Morgan fingerprint density at radius 3 is 2.76 bits per heavy atom. The van der Waals surface area contributed by atoms with Crippen molar-refractivity contribution in [2.45, 2.75) is 13.3 Å². The van der Waals surface area contributed by atoms with Crippen LogP contribution >= 0.6 is 0 Å². The zero-order valence-corrected chi connectivity index (χ0v) is 18.5. The summed E-state index contributed by atoms with van der Waals surface area (Å²) in [6.07, 6.45) is 2.36. The lowest BCUT2D eigenvalue weighted by Gasteiger charge is -2.26. The van der Waals surface area contributed by atoms with E-state index in [-0.39, 0.29) is 11.6 Å². The molecule has 0 bridgehead atoms. The van der Waals surface area contributed by atoms with Gasteiger partial charge < -0.3 is 14.5 Å². The Bertz CT molecular complexity index is 1120. The first-order chi connectivity index (χ1) is 16.0. The number of carbonyl (C=O) groups is 1. The normalized spacial score (nSPS) is 14.2. The van der Waals surface area contributed by atoms with Gasteiger partial charge in [-0.1, -0.05) is 12.1 Å². The van der Waals surface area contributed by atoms with Crippen LogP contribution in [0, 0.1) is 17.0 Å². The van der Waals surface area contributed by atoms with Crippen LogP contribution in [0.25, 0.3) is 22.6 Å². The topological polar surface area (TPSA) is 111 Å². The lowest BCUT2D eigenvalue weighted by molar-refractivity contribution is -0.384. The van der Waals surface area contributed by atoms with Gasteiger partial charge in [-0.2, -0.15) is 0 Å². The Labute approximate surface area is 191 Å². The second kappa shape index (κ2) is 10.4. The molecular weight excluding hydrogens is 424 g/mol. The van der Waals surface area contributed by atoms with Crippen molar-refractivity contribution in [3.8, 4) is 22.6 Å². The number of nitro benzene ring substituents is 1. The molecule has 172 valence electrons. The number of hydrogen-bond donors (Lipinski definition) is 1. The molecule has 9 heteroatoms. The van der Waals surface area contributed by atoms with E-state index >= 15 is 0 Å². The average molecular weight is 450 g/mol. The molecule has 0 atom stereocenters. The molecule has 2 aromatic heterocycles. The summed E-state index contributed by atoms with van der Waals surface area (Å²) in [5, 5.41) is 14.3. The van der Waals surface area contributed by atoms with Gasteiger partial charge in [0.05, 0.1) is 35.7 Å². The number of amides is 1. The van der Waals surface area contributed by atoms with E-state index in [1.807, 2.05) is 0 Å². The molecule has 0 saturated carbocycles. The van der Waals surface area contributed by atoms with Crippen molar-refractivity contribution in [1.29, 1.82) is 0 Å². The third-order valence-electron chi connectivity index (χ3n) is 5.61. The standard InChI is InChI=1S/C24H26N4O5/c1-17-23(24(29)25-8-4-9-27-10-13-32-14-11-27)20(16-21(26-17)22-7-3-12-33-22)18-5-2-6-19(15-18)28(30)31/h2-3,5-7,12,15-16H,4,8-11,13-14H2,1H3,(H,25,29). The van der Waals surface area contributed by atoms with E-state index in [0.717, 1.165) is 39.3 Å². The van der Waals surface area contributed by atoms with Gasteiger partial charge in [0.1, 0.15) is 5.69 Å². The van der Waals surface area contributed by atoms with Crippen LogP contribution in [-0.4, -0.2) is 60.1 Å². The van der Waals surface area contributed by atoms with Crippen molar-refractivity contribution in [3.63, 3.8) is 0 Å². The van der Waals surface area contributed by atoms with Crippen molar-refractivity contribution >= 4 is 11.6 Å². The number of hydrogen-bond acceptors (Lipinski definition) is 7. The molecule has 4 rings (SSSR count). The molecule has 0 aliphatic carbocycles. The van der Waals surface area contributed by atoms with Gasteiger partial charge in [-0.3, -0.25) is 19.8 Å². The highest BCUT2D eigenvalue weighted by Crippen LogP contribution is 2.32. The number of nitrogens with zero attached hydrogens (tertiary/aromatic N) is 3. The van der Waals surface area contributed by atoms with E-state index in [2.05, 4.69) is 15.2 Å². The van der Waals surface area contributed by atoms with E-state index < -0.39 is 4.92 Å². The van der Waals surface area contributed by atoms with Crippen molar-refractivity contribution in [2.24, 2.45) is 0 Å². The molecule has 1 N–H and O–H groups in total. The lowest BCUT2D eigenvalue weighted by atomic mass is 9.96. The number of rotatable bonds is 8. The van der Waals surface area contributed by atoms with Crippen molar-refractivity contribution in [3.05, 3.63) is 70.1 Å². The smallest absolute Gasteiger partial charge is 0.270 e. The van der Waals surface area contributed by atoms with Gasteiger partial charge in [0, 0.05) is 31.8 Å². The molecule has 0 unspecified atom stereocenters. The van der Waals surface area contributed by atoms with Crippen LogP contribution in [0.1, 0.15) is 22.5 Å². The van der Waals surface area contributed by atoms with Crippen LogP contribution in [0.15, 0.2) is 53.1 Å². The molecule has 3 heterocycles. The summed E-state index contributed by atoms with van der Waals surface area (Å²) in [4.78, 5) is 30.9. The van der Waals surface area contributed by atoms with Gasteiger partial charge in [0.2, 0.25) is 0 Å². The molecule has 1 aromatic carbocycles. The summed E-state index contributed by atoms with van der Waals surface area (Å²) in [5.74, 6) is 0.303. The van der Waals surface area contributed by atoms with Crippen LogP contribution in [0.3, 0.4) is 0 Å². The maximum Gasteiger partial charge on any atom is 0.270 e. The van der Waals surface area contributed by atoms with Crippen LogP contribution in [0.4, 0.5) is 5.69 Å². The van der Waals surface area contributed by atoms with Crippen LogP contribution in [0.2, 0.25) is 0 Å². The number of nitro groups is 1. The SMILES string of the molecule is Cc1nc(-c2ccco2)cc(-c2cccc([N+](=O)[O-])c2)c1C(=O)NCCCN1CCOCC1. The fraction of sp³-hybridized carbons (Fsp3) is 0.333. The monoisotopic (exact) mass is 450 g/mol. The van der Waals surface area contributed by atoms with Crippen LogP contribution < -0.4 is 5.32 Å². The molecule has 9 nitrogen and oxygen atoms in total. The van der Waals surface area contributed by atoms with E-state index in [0.29, 0.717) is 40.4 Å². The molecular formula is C24H26N4O5. The minimum Gasteiger partial charge on any atom is -0.463 e. The fourth-order valence-corrected chi connectivity index (χ4v) is 3.94. The number of carbonyl (C=O) groups excluding carboxylic acids is 1. The predicted molar refractivity (Wildman–Crippen MR) is 123 cm³/mol. The molecule has 0 spiro atoms. The molecule has 1 saturated heterocycles. The maximum absolute atomic E-state index is 13.2. The Balaban J connectivity index is 1.60. The molecule has 0 radical (unpaired) electrons. The van der Waals surface area contributed by atoms with E-state index in [1.54, 1.807) is 43.5 Å². The lowest BCUT2D eigenvalue weighted by Crippen LogP contribution is -2.38. The molecule has 33 heavy (non-hydrogen) atoms. The minimum atomic E-state index is -0.448. The highest BCUT2D eigenvalue weighted by Gasteiger charge is 2.21. The number of non-ortho nitro benzene ring substituents is 1. The second-order valence-corrected chi connectivity index (χ2v) is 7.86. The second-order valence-electron chi connectivity index (χ2n) is 7.86. The number of pyridine rings is 1. The summed E-state index contributed by atoms with van der Waals surface area (Å²) in [7, 11) is 0. The van der Waals surface area contributed by atoms with Gasteiger partial charge in [-0.15, -0.1) is 0 Å². The first-order valence-electron chi connectivity index (χ1n) is 10.9. The zero-order valence-electron chi connectivity index (χ0n) is 18.5. The van der Waals surface area contributed by atoms with Gasteiger partial charge in [0.15, 0.2) is 5.76 Å². The summed E-state index contributed by atoms with van der Waals surface area (Å²) in [5.41, 5.74) is 2.58. The Morgan fingerprint density at radius 2 is 2.03 bits per heavy atom. The predicted octanol–water partition coefficient (Wildman–Crippen LogP) is 3.68. The molecule has 1 aliphatic rings. The third-order valence-corrected chi connectivity index (χ3v) is 5.61. The van der Waals surface area contributed by atoms with E-state index in [4.69, 9.17) is 9.15 Å². The highest BCUT2D eigenvalue weighted by molar-refractivity contribution is 6.02. The number of ether oxygens (including phenoxy) is 1. The van der Waals surface area contributed by atoms with Crippen molar-refractivity contribution < 1.29 is 18.9 Å². The van der Waals surface area contributed by atoms with E-state index in [1.165, 1.54) is 12.1 Å². The number of furan rings is 1. The summed E-state index contributed by atoms with van der Waals surface area (Å²) >= 11 is 0. The molecule has 1 aliphatic heterocycles. The summed E-state index contributed by atoms with van der Waals surface area (Å²) < 4.78 is 10.8. The quantitative estimate of drug-likeness (QED) is 0.317. The van der Waals surface area contributed by atoms with Gasteiger partial charge in [0.25, 0.3) is 11.6 Å². The number of morpholine rings is 1. The molecule has 3 aromatic rings. The highest BCUT2D eigenvalue weighted by atomic mass is 16.6.